The summed E-state index contributed by atoms with van der Waals surface area (Å²) in [6.45, 7) is -0.872. The number of nitrogens with zero attached hydrogens (tertiary/aromatic N) is 1. The van der Waals surface area contributed by atoms with Crippen molar-refractivity contribution in [3.05, 3.63) is 54.1 Å². The lowest BCUT2D eigenvalue weighted by Gasteiger charge is -2.28. The number of amides is 2. The Morgan fingerprint density at radius 3 is 2.55 bits per heavy atom. The van der Waals surface area contributed by atoms with Gasteiger partial charge in [-0.1, -0.05) is 24.3 Å². The standard InChI is InChI=1S/C22H22N2O5S2/c25-19-12-24(18-5-2-1-4-17(18)23-19)20(26)13-29-21(27)14-28-16-8-6-15(7-9-16)22-30-10-3-11-31-22/h1-2,4-9,22H,3,10-14H2,(H,23,25). The van der Waals surface area contributed by atoms with Crippen LogP contribution in [-0.2, 0) is 19.1 Å². The third-order valence-electron chi connectivity index (χ3n) is 4.76. The smallest absolute Gasteiger partial charge is 0.344 e. The fraction of sp³-hybridized carbons (Fsp3) is 0.318. The maximum absolute atomic E-state index is 12.5. The topological polar surface area (TPSA) is 84.9 Å². The first-order chi connectivity index (χ1) is 15.1. The molecule has 0 saturated carbocycles. The van der Waals surface area contributed by atoms with E-state index in [0.717, 1.165) is 0 Å². The number of fused-ring (bicyclic) bond motifs is 1. The summed E-state index contributed by atoms with van der Waals surface area (Å²) in [7, 11) is 0. The highest BCUT2D eigenvalue weighted by atomic mass is 32.2. The zero-order valence-corrected chi connectivity index (χ0v) is 18.4. The van der Waals surface area contributed by atoms with E-state index in [9.17, 15) is 14.4 Å². The molecule has 1 saturated heterocycles. The van der Waals surface area contributed by atoms with Gasteiger partial charge < -0.3 is 14.8 Å². The van der Waals surface area contributed by atoms with Crippen molar-refractivity contribution in [1.29, 1.82) is 0 Å². The molecule has 0 aliphatic carbocycles. The number of carbonyl (C=O) groups excluding carboxylic acids is 3. The van der Waals surface area contributed by atoms with Gasteiger partial charge in [-0.3, -0.25) is 14.5 Å². The molecule has 1 N–H and O–H groups in total. The number of hydrogen-bond donors (Lipinski definition) is 1. The summed E-state index contributed by atoms with van der Waals surface area (Å²) in [6.07, 6.45) is 1.25. The average Bonchev–Trinajstić information content (AvgIpc) is 2.81. The third kappa shape index (κ3) is 5.54. The van der Waals surface area contributed by atoms with Gasteiger partial charge in [0.2, 0.25) is 5.91 Å². The minimum Gasteiger partial charge on any atom is -0.482 e. The number of nitrogens with one attached hydrogen (secondary N) is 1. The lowest BCUT2D eigenvalue weighted by molar-refractivity contribution is -0.149. The number of carbonyl (C=O) groups is 3. The zero-order valence-electron chi connectivity index (χ0n) is 16.7. The Bertz CT molecular complexity index is 961. The van der Waals surface area contributed by atoms with Crippen molar-refractivity contribution in [2.75, 3.05) is 41.5 Å². The number of benzene rings is 2. The van der Waals surface area contributed by atoms with Gasteiger partial charge in [-0.25, -0.2) is 4.79 Å². The van der Waals surface area contributed by atoms with E-state index in [1.54, 1.807) is 24.3 Å². The second-order valence-electron chi connectivity index (χ2n) is 6.99. The largest absolute Gasteiger partial charge is 0.482 e. The SMILES string of the molecule is O=C1CN(C(=O)COC(=O)COc2ccc(C3SCCCS3)cc2)c2ccccc2N1. The average molecular weight is 459 g/mol. The van der Waals surface area contributed by atoms with Crippen molar-refractivity contribution in [3.63, 3.8) is 0 Å². The number of ether oxygens (including phenoxy) is 2. The summed E-state index contributed by atoms with van der Waals surface area (Å²) in [6, 6.07) is 14.7. The van der Waals surface area contributed by atoms with Crippen LogP contribution in [0.1, 0.15) is 16.6 Å². The quantitative estimate of drug-likeness (QED) is 0.664. The summed E-state index contributed by atoms with van der Waals surface area (Å²) in [5, 5.41) is 2.71. The van der Waals surface area contributed by atoms with E-state index in [1.165, 1.54) is 28.4 Å². The summed E-state index contributed by atoms with van der Waals surface area (Å²) in [5.74, 6) is 1.50. The monoisotopic (exact) mass is 458 g/mol. The normalized spacial score (nSPS) is 16.3. The van der Waals surface area contributed by atoms with Gasteiger partial charge in [0.25, 0.3) is 5.91 Å². The van der Waals surface area contributed by atoms with Crippen LogP contribution >= 0.6 is 23.5 Å². The number of anilines is 2. The van der Waals surface area contributed by atoms with E-state index in [1.807, 2.05) is 47.8 Å². The maximum Gasteiger partial charge on any atom is 0.344 e. The molecule has 2 aromatic carbocycles. The third-order valence-corrected chi connectivity index (χ3v) is 7.78. The van der Waals surface area contributed by atoms with Crippen LogP contribution in [0, 0.1) is 0 Å². The molecule has 0 atom stereocenters. The molecule has 2 aliphatic heterocycles. The molecule has 9 heteroatoms. The molecule has 2 aromatic rings. The summed E-state index contributed by atoms with van der Waals surface area (Å²) >= 11 is 3.89. The Labute approximate surface area is 188 Å². The van der Waals surface area contributed by atoms with Crippen LogP contribution in [0.25, 0.3) is 0 Å². The summed E-state index contributed by atoms with van der Waals surface area (Å²) in [4.78, 5) is 37.7. The molecule has 0 spiro atoms. The molecular weight excluding hydrogens is 436 g/mol. The molecule has 2 heterocycles. The molecule has 7 nitrogen and oxygen atoms in total. The van der Waals surface area contributed by atoms with Crippen LogP contribution in [0.15, 0.2) is 48.5 Å². The van der Waals surface area contributed by atoms with E-state index < -0.39 is 18.5 Å². The molecule has 1 fully saturated rings. The molecular formula is C22H22N2O5S2. The first kappa shape index (κ1) is 21.6. The maximum atomic E-state index is 12.5. The van der Waals surface area contributed by atoms with E-state index >= 15 is 0 Å². The number of esters is 1. The van der Waals surface area contributed by atoms with Gasteiger partial charge in [-0.15, -0.1) is 23.5 Å². The number of thioether (sulfide) groups is 2. The minimum absolute atomic E-state index is 0.117. The highest BCUT2D eigenvalue weighted by Gasteiger charge is 2.27. The summed E-state index contributed by atoms with van der Waals surface area (Å²) < 4.78 is 11.0. The lowest BCUT2D eigenvalue weighted by Crippen LogP contribution is -2.44. The molecule has 4 rings (SSSR count). The Morgan fingerprint density at radius 2 is 1.77 bits per heavy atom. The van der Waals surface area contributed by atoms with E-state index in [2.05, 4.69) is 5.32 Å². The highest BCUT2D eigenvalue weighted by Crippen LogP contribution is 2.43. The van der Waals surface area contributed by atoms with E-state index in [-0.39, 0.29) is 19.1 Å². The lowest BCUT2D eigenvalue weighted by atomic mass is 10.2. The second-order valence-corrected chi connectivity index (χ2v) is 9.72. The Morgan fingerprint density at radius 1 is 1.03 bits per heavy atom. The molecule has 162 valence electrons. The van der Waals surface area contributed by atoms with Crippen molar-refractivity contribution in [3.8, 4) is 5.75 Å². The van der Waals surface area contributed by atoms with Crippen molar-refractivity contribution in [2.45, 2.75) is 11.0 Å². The molecule has 2 aliphatic rings. The highest BCUT2D eigenvalue weighted by molar-refractivity contribution is 8.16. The van der Waals surface area contributed by atoms with Crippen LogP contribution in [0.3, 0.4) is 0 Å². The number of para-hydroxylation sites is 2. The van der Waals surface area contributed by atoms with Gasteiger partial charge in [0, 0.05) is 0 Å². The van der Waals surface area contributed by atoms with Gasteiger partial charge >= 0.3 is 5.97 Å². The Balaban J connectivity index is 1.25. The van der Waals surface area contributed by atoms with Gasteiger partial charge in [-0.05, 0) is 47.8 Å². The number of rotatable bonds is 6. The molecule has 2 amide bonds. The Kier molecular flexibility index (Phi) is 7.03. The molecule has 31 heavy (non-hydrogen) atoms. The predicted molar refractivity (Wildman–Crippen MR) is 123 cm³/mol. The fourth-order valence-corrected chi connectivity index (χ4v) is 6.16. The Hall–Kier alpha value is -2.65. The zero-order chi connectivity index (χ0) is 21.6. The minimum atomic E-state index is -0.648. The van der Waals surface area contributed by atoms with E-state index in [4.69, 9.17) is 9.47 Å². The molecule has 0 unspecified atom stereocenters. The van der Waals surface area contributed by atoms with E-state index in [0.29, 0.717) is 21.7 Å². The molecule has 0 radical (unpaired) electrons. The second kappa shape index (κ2) is 10.1. The molecule has 0 bridgehead atoms. The first-order valence-electron chi connectivity index (χ1n) is 9.91. The number of hydrogen-bond acceptors (Lipinski definition) is 7. The van der Waals surface area contributed by atoms with Crippen LogP contribution < -0.4 is 15.0 Å². The van der Waals surface area contributed by atoms with Crippen molar-refractivity contribution in [2.24, 2.45) is 0 Å². The summed E-state index contributed by atoms with van der Waals surface area (Å²) in [5.41, 5.74) is 2.37. The molecule has 0 aromatic heterocycles. The van der Waals surface area contributed by atoms with Gasteiger partial charge in [0.1, 0.15) is 12.3 Å². The van der Waals surface area contributed by atoms with Crippen molar-refractivity contribution < 1.29 is 23.9 Å². The van der Waals surface area contributed by atoms with Crippen molar-refractivity contribution in [1.82, 2.24) is 0 Å². The fourth-order valence-electron chi connectivity index (χ4n) is 3.26. The predicted octanol–water partition coefficient (Wildman–Crippen LogP) is 3.46. The van der Waals surface area contributed by atoms with Gasteiger partial charge in [0.05, 0.1) is 16.0 Å². The van der Waals surface area contributed by atoms with Gasteiger partial charge in [0.15, 0.2) is 13.2 Å². The van der Waals surface area contributed by atoms with Crippen LogP contribution in [-0.4, -0.2) is 49.0 Å². The van der Waals surface area contributed by atoms with Crippen LogP contribution in [0.5, 0.6) is 5.75 Å². The first-order valence-corrected chi connectivity index (χ1v) is 12.0. The van der Waals surface area contributed by atoms with Gasteiger partial charge in [-0.2, -0.15) is 0 Å². The van der Waals surface area contributed by atoms with Crippen molar-refractivity contribution >= 4 is 52.7 Å². The van der Waals surface area contributed by atoms with Crippen LogP contribution in [0.4, 0.5) is 11.4 Å². The van der Waals surface area contributed by atoms with Crippen LogP contribution in [0.2, 0.25) is 0 Å².